The third-order valence-corrected chi connectivity index (χ3v) is 6.71. The highest BCUT2D eigenvalue weighted by Crippen LogP contribution is 2.38. The number of rotatable bonds is 5. The fraction of sp³-hybridized carbons (Fsp3) is 0.250. The molecule has 0 amide bonds. The number of alkyl halides is 3. The predicted octanol–water partition coefficient (Wildman–Crippen LogP) is 4.79. The second kappa shape index (κ2) is 9.03. The summed E-state index contributed by atoms with van der Waals surface area (Å²) in [5.41, 5.74) is 1.06. The zero-order valence-electron chi connectivity index (χ0n) is 19.8. The molecule has 1 fully saturated rings. The molecule has 1 aliphatic rings. The first-order valence-corrected chi connectivity index (χ1v) is 11.9. The molecule has 1 aliphatic heterocycles. The highest BCUT2D eigenvalue weighted by atomic mass is 35.5. The van der Waals surface area contributed by atoms with Crippen molar-refractivity contribution in [3.05, 3.63) is 59.8 Å². The normalized spacial score (nSPS) is 16.1. The topological polar surface area (TPSA) is 106 Å². The summed E-state index contributed by atoms with van der Waals surface area (Å²) in [7, 11) is 1.67. The van der Waals surface area contributed by atoms with E-state index in [1.165, 1.54) is 12.4 Å². The van der Waals surface area contributed by atoms with Crippen molar-refractivity contribution in [2.24, 2.45) is 7.05 Å². The molecule has 1 atom stereocenters. The van der Waals surface area contributed by atoms with Gasteiger partial charge in [0.05, 0.1) is 30.3 Å². The van der Waals surface area contributed by atoms with Crippen LogP contribution in [0.1, 0.15) is 12.0 Å². The van der Waals surface area contributed by atoms with Gasteiger partial charge in [-0.25, -0.2) is 9.50 Å². The summed E-state index contributed by atoms with van der Waals surface area (Å²) in [6.07, 6.45) is 3.17. The largest absolute Gasteiger partial charge is 0.450 e. The van der Waals surface area contributed by atoms with E-state index in [1.807, 2.05) is 0 Å². The van der Waals surface area contributed by atoms with E-state index in [0.29, 0.717) is 35.4 Å². The van der Waals surface area contributed by atoms with Crippen LogP contribution >= 0.6 is 11.6 Å². The molecule has 10 nitrogen and oxygen atoms in total. The molecule has 0 unspecified atom stereocenters. The van der Waals surface area contributed by atoms with Crippen LogP contribution in [0.5, 0.6) is 11.5 Å². The molecule has 5 aromatic rings. The number of anilines is 3. The molecule has 0 aliphatic carbocycles. The van der Waals surface area contributed by atoms with Gasteiger partial charge in [0.1, 0.15) is 16.1 Å². The van der Waals surface area contributed by atoms with Gasteiger partial charge in [0.2, 0.25) is 5.95 Å². The number of benzene rings is 1. The van der Waals surface area contributed by atoms with Gasteiger partial charge in [-0.3, -0.25) is 4.98 Å². The van der Waals surface area contributed by atoms with E-state index < -0.39 is 17.8 Å². The van der Waals surface area contributed by atoms with E-state index in [9.17, 15) is 18.3 Å². The van der Waals surface area contributed by atoms with Gasteiger partial charge in [0.25, 0.3) is 0 Å². The Morgan fingerprint density at radius 2 is 2.00 bits per heavy atom. The lowest BCUT2D eigenvalue weighted by Crippen LogP contribution is -2.22. The summed E-state index contributed by atoms with van der Waals surface area (Å²) < 4.78 is 50.2. The van der Waals surface area contributed by atoms with Crippen LogP contribution < -0.4 is 15.0 Å². The van der Waals surface area contributed by atoms with Crippen molar-refractivity contribution in [3.63, 3.8) is 0 Å². The number of aryl methyl sites for hydroxylation is 1. The molecule has 5 heterocycles. The van der Waals surface area contributed by atoms with Gasteiger partial charge >= 0.3 is 6.18 Å². The highest BCUT2D eigenvalue weighted by Gasteiger charge is 2.33. The Morgan fingerprint density at radius 1 is 1.16 bits per heavy atom. The van der Waals surface area contributed by atoms with E-state index >= 15 is 0 Å². The monoisotopic (exact) mass is 544 g/mol. The van der Waals surface area contributed by atoms with Crippen molar-refractivity contribution in [1.29, 1.82) is 0 Å². The standard InChI is InChI=1S/C24H20ClF3N8O2/c1-34-21-20(25)19(38-18-11-31-36-5-3-29-9-17(18)36)10-30-22(21)33-23(34)32-14-6-13(24(26,27)28)7-15(8-14)35-4-2-16(37)12-35/h3,5-11,16,37H,2,4,12H2,1H3,(H,30,32,33)/t16-/m0/s1. The molecule has 1 saturated heterocycles. The van der Waals surface area contributed by atoms with Crippen LogP contribution in [0.3, 0.4) is 0 Å². The lowest BCUT2D eigenvalue weighted by Gasteiger charge is -2.21. The van der Waals surface area contributed by atoms with E-state index in [-0.39, 0.29) is 34.6 Å². The fourth-order valence-corrected chi connectivity index (χ4v) is 4.74. The number of ether oxygens (including phenoxy) is 1. The van der Waals surface area contributed by atoms with Crippen LogP contribution in [0.4, 0.5) is 30.5 Å². The number of hydrogen-bond acceptors (Lipinski definition) is 8. The number of aliphatic hydroxyl groups is 1. The molecule has 0 bridgehead atoms. The highest BCUT2D eigenvalue weighted by molar-refractivity contribution is 6.36. The Balaban J connectivity index is 1.35. The lowest BCUT2D eigenvalue weighted by atomic mass is 10.1. The van der Waals surface area contributed by atoms with Crippen molar-refractivity contribution in [2.75, 3.05) is 23.3 Å². The molecule has 0 radical (unpaired) electrons. The SMILES string of the molecule is Cn1c(Nc2cc(N3CC[C@H](O)C3)cc(C(F)(F)F)c2)nc2ncc(Oc3cnn4ccncc34)c(Cl)c21. The van der Waals surface area contributed by atoms with Crippen LogP contribution in [0.15, 0.2) is 49.2 Å². The third kappa shape index (κ3) is 4.33. The smallest absolute Gasteiger partial charge is 0.416 e. The van der Waals surface area contributed by atoms with Crippen molar-refractivity contribution < 1.29 is 23.0 Å². The number of fused-ring (bicyclic) bond motifs is 2. The maximum Gasteiger partial charge on any atom is 0.416 e. The third-order valence-electron chi connectivity index (χ3n) is 6.34. The quantitative estimate of drug-likeness (QED) is 0.325. The number of pyridine rings is 1. The number of imidazole rings is 1. The Morgan fingerprint density at radius 3 is 2.76 bits per heavy atom. The zero-order valence-corrected chi connectivity index (χ0v) is 20.6. The minimum Gasteiger partial charge on any atom is -0.450 e. The van der Waals surface area contributed by atoms with Crippen LogP contribution in [0.2, 0.25) is 5.02 Å². The summed E-state index contributed by atoms with van der Waals surface area (Å²) >= 11 is 6.67. The van der Waals surface area contributed by atoms with Crippen molar-refractivity contribution in [1.82, 2.24) is 29.1 Å². The molecule has 1 aromatic carbocycles. The van der Waals surface area contributed by atoms with Crippen LogP contribution in [0.25, 0.3) is 16.7 Å². The number of aromatic nitrogens is 6. The summed E-state index contributed by atoms with van der Waals surface area (Å²) in [5.74, 6) is 0.907. The maximum atomic E-state index is 13.7. The van der Waals surface area contributed by atoms with Crippen molar-refractivity contribution in [3.8, 4) is 11.5 Å². The van der Waals surface area contributed by atoms with E-state index in [1.54, 1.807) is 45.7 Å². The number of nitrogens with zero attached hydrogens (tertiary/aromatic N) is 7. The van der Waals surface area contributed by atoms with Gasteiger partial charge in [0.15, 0.2) is 17.1 Å². The molecule has 14 heteroatoms. The van der Waals surface area contributed by atoms with E-state index in [4.69, 9.17) is 16.3 Å². The first kappa shape index (κ1) is 24.2. The average molecular weight is 545 g/mol. The summed E-state index contributed by atoms with van der Waals surface area (Å²) in [6, 6.07) is 3.68. The Bertz CT molecular complexity index is 1670. The molecule has 4 aromatic heterocycles. The molecular weight excluding hydrogens is 525 g/mol. The lowest BCUT2D eigenvalue weighted by molar-refractivity contribution is -0.137. The van der Waals surface area contributed by atoms with Crippen molar-refractivity contribution in [2.45, 2.75) is 18.7 Å². The molecule has 6 rings (SSSR count). The Hall–Kier alpha value is -4.10. The predicted molar refractivity (Wildman–Crippen MR) is 134 cm³/mol. The second-order valence-electron chi connectivity index (χ2n) is 8.90. The molecule has 0 spiro atoms. The molecule has 0 saturated carbocycles. The number of β-amino-alcohol motifs (C(OH)–C–C–N with tert-alkyl or cyclic N) is 1. The van der Waals surface area contributed by atoms with Crippen LogP contribution in [-0.2, 0) is 13.2 Å². The molecule has 38 heavy (non-hydrogen) atoms. The maximum absolute atomic E-state index is 13.7. The van der Waals surface area contributed by atoms with Crippen LogP contribution in [-0.4, -0.2) is 53.4 Å². The van der Waals surface area contributed by atoms with Crippen LogP contribution in [0, 0.1) is 0 Å². The van der Waals surface area contributed by atoms with Gasteiger partial charge in [-0.15, -0.1) is 0 Å². The minimum atomic E-state index is -4.55. The van der Waals surface area contributed by atoms with Crippen molar-refractivity contribution >= 4 is 45.6 Å². The Labute approximate surface area is 218 Å². The van der Waals surface area contributed by atoms with Gasteiger partial charge in [0, 0.05) is 43.9 Å². The molecule has 196 valence electrons. The number of halogens is 4. The van der Waals surface area contributed by atoms with E-state index in [0.717, 1.165) is 12.1 Å². The van der Waals surface area contributed by atoms with Gasteiger partial charge in [-0.2, -0.15) is 23.3 Å². The first-order chi connectivity index (χ1) is 18.2. The second-order valence-corrected chi connectivity index (χ2v) is 9.28. The fourth-order valence-electron chi connectivity index (χ4n) is 4.44. The zero-order chi connectivity index (χ0) is 26.6. The number of aliphatic hydroxyl groups excluding tert-OH is 1. The van der Waals surface area contributed by atoms with Gasteiger partial charge in [-0.05, 0) is 24.6 Å². The van der Waals surface area contributed by atoms with E-state index in [2.05, 4.69) is 25.4 Å². The summed E-state index contributed by atoms with van der Waals surface area (Å²) in [5, 5.41) is 17.3. The summed E-state index contributed by atoms with van der Waals surface area (Å²) in [4.78, 5) is 14.6. The minimum absolute atomic E-state index is 0.182. The summed E-state index contributed by atoms with van der Waals surface area (Å²) in [6.45, 7) is 0.720. The number of hydrogen-bond donors (Lipinski definition) is 2. The molecule has 2 N–H and O–H groups in total. The average Bonchev–Trinajstić information content (AvgIpc) is 3.58. The Kier molecular flexibility index (Phi) is 5.76. The van der Waals surface area contributed by atoms with Gasteiger partial charge in [-0.1, -0.05) is 11.6 Å². The number of nitrogens with one attached hydrogen (secondary N) is 1. The molecular formula is C24H20ClF3N8O2. The first-order valence-electron chi connectivity index (χ1n) is 11.6. The van der Waals surface area contributed by atoms with Gasteiger partial charge < -0.3 is 24.6 Å².